The van der Waals surface area contributed by atoms with Gasteiger partial charge >= 0.3 is 0 Å². The highest BCUT2D eigenvalue weighted by molar-refractivity contribution is 4.77. The molecule has 1 fully saturated rings. The maximum atomic E-state index is 8.74. The fourth-order valence-corrected chi connectivity index (χ4v) is 1.15. The molecule has 1 aliphatic heterocycles. The van der Waals surface area contributed by atoms with E-state index in [2.05, 4.69) is 6.08 Å². The van der Waals surface area contributed by atoms with Crippen LogP contribution in [-0.2, 0) is 9.47 Å². The van der Waals surface area contributed by atoms with Crippen molar-refractivity contribution in [1.82, 2.24) is 0 Å². The lowest BCUT2D eigenvalue weighted by atomic mass is 10.3. The normalized spacial score (nSPS) is 30.2. The van der Waals surface area contributed by atoms with Gasteiger partial charge in [-0.2, -0.15) is 0 Å². The van der Waals surface area contributed by atoms with Crippen LogP contribution in [0.15, 0.2) is 12.2 Å². The monoisotopic (exact) mass is 172 g/mol. The molecule has 1 saturated heterocycles. The topological polar surface area (TPSA) is 38.7 Å². The minimum atomic E-state index is -0.113. The first-order valence-corrected chi connectivity index (χ1v) is 4.36. The average molecular weight is 172 g/mol. The van der Waals surface area contributed by atoms with Gasteiger partial charge in [-0.3, -0.25) is 0 Å². The summed E-state index contributed by atoms with van der Waals surface area (Å²) in [4.78, 5) is 0. The summed E-state index contributed by atoms with van der Waals surface area (Å²) < 4.78 is 10.6. The molecule has 1 aliphatic rings. The van der Waals surface area contributed by atoms with E-state index in [0.717, 1.165) is 12.8 Å². The molecule has 1 heterocycles. The first kappa shape index (κ1) is 9.71. The molecule has 3 nitrogen and oxygen atoms in total. The Morgan fingerprint density at radius 3 is 3.00 bits per heavy atom. The van der Waals surface area contributed by atoms with Gasteiger partial charge in [0.2, 0.25) is 0 Å². The van der Waals surface area contributed by atoms with E-state index in [1.165, 1.54) is 0 Å². The standard InChI is InChI=1S/C9H16O3/c1-2-3-4-5-9-11-7-8(6-10)12-9/h2-3,8-10H,4-7H2,1H3. The highest BCUT2D eigenvalue weighted by Gasteiger charge is 2.24. The van der Waals surface area contributed by atoms with Crippen molar-refractivity contribution in [3.05, 3.63) is 12.2 Å². The second kappa shape index (κ2) is 5.30. The van der Waals surface area contributed by atoms with Crippen LogP contribution in [0.3, 0.4) is 0 Å². The second-order valence-electron chi connectivity index (χ2n) is 2.85. The Kier molecular flexibility index (Phi) is 4.29. The summed E-state index contributed by atoms with van der Waals surface area (Å²) in [5.74, 6) is 0. The number of allylic oxidation sites excluding steroid dienone is 2. The molecule has 0 aliphatic carbocycles. The minimum absolute atomic E-state index is 0.0557. The van der Waals surface area contributed by atoms with E-state index < -0.39 is 0 Å². The van der Waals surface area contributed by atoms with Crippen LogP contribution >= 0.6 is 0 Å². The van der Waals surface area contributed by atoms with Gasteiger partial charge in [0.15, 0.2) is 6.29 Å². The Balaban J connectivity index is 2.10. The maximum absolute atomic E-state index is 8.74. The lowest BCUT2D eigenvalue weighted by Crippen LogP contribution is -2.16. The molecule has 0 bridgehead atoms. The lowest BCUT2D eigenvalue weighted by molar-refractivity contribution is -0.0682. The van der Waals surface area contributed by atoms with Gasteiger partial charge in [0.1, 0.15) is 6.10 Å². The molecule has 0 aromatic rings. The van der Waals surface area contributed by atoms with Crippen molar-refractivity contribution >= 4 is 0 Å². The van der Waals surface area contributed by atoms with Crippen molar-refractivity contribution in [2.45, 2.75) is 32.2 Å². The predicted octanol–water partition coefficient (Wildman–Crippen LogP) is 1.08. The van der Waals surface area contributed by atoms with Gasteiger partial charge in [0, 0.05) is 6.42 Å². The minimum Gasteiger partial charge on any atom is -0.394 e. The Morgan fingerprint density at radius 1 is 1.58 bits per heavy atom. The number of aliphatic hydroxyl groups is 1. The lowest BCUT2D eigenvalue weighted by Gasteiger charge is -2.07. The highest BCUT2D eigenvalue weighted by atomic mass is 16.7. The molecular weight excluding hydrogens is 156 g/mol. The first-order chi connectivity index (χ1) is 5.86. The van der Waals surface area contributed by atoms with Crippen LogP contribution in [0.2, 0.25) is 0 Å². The van der Waals surface area contributed by atoms with Crippen molar-refractivity contribution in [2.75, 3.05) is 13.2 Å². The van der Waals surface area contributed by atoms with Crippen molar-refractivity contribution < 1.29 is 14.6 Å². The molecule has 0 amide bonds. The smallest absolute Gasteiger partial charge is 0.158 e. The van der Waals surface area contributed by atoms with Crippen molar-refractivity contribution in [3.8, 4) is 0 Å². The van der Waals surface area contributed by atoms with Crippen LogP contribution in [0, 0.1) is 0 Å². The molecule has 0 aromatic carbocycles. The number of hydrogen-bond acceptors (Lipinski definition) is 3. The number of ether oxygens (including phenoxy) is 2. The van der Waals surface area contributed by atoms with Crippen LogP contribution in [0.25, 0.3) is 0 Å². The van der Waals surface area contributed by atoms with Gasteiger partial charge in [0.25, 0.3) is 0 Å². The highest BCUT2D eigenvalue weighted by Crippen LogP contribution is 2.15. The third-order valence-electron chi connectivity index (χ3n) is 1.82. The quantitative estimate of drug-likeness (QED) is 0.645. The van der Waals surface area contributed by atoms with Crippen molar-refractivity contribution in [2.24, 2.45) is 0 Å². The number of rotatable bonds is 4. The van der Waals surface area contributed by atoms with E-state index in [0.29, 0.717) is 6.61 Å². The Hall–Kier alpha value is -0.380. The van der Waals surface area contributed by atoms with Crippen LogP contribution in [0.1, 0.15) is 19.8 Å². The summed E-state index contributed by atoms with van der Waals surface area (Å²) in [6.07, 6.45) is 5.72. The van der Waals surface area contributed by atoms with E-state index in [4.69, 9.17) is 14.6 Å². The van der Waals surface area contributed by atoms with Crippen LogP contribution < -0.4 is 0 Å². The first-order valence-electron chi connectivity index (χ1n) is 4.36. The molecular formula is C9H16O3. The SMILES string of the molecule is CC=CCCC1OCC(CO)O1. The molecule has 0 spiro atoms. The van der Waals surface area contributed by atoms with Gasteiger partial charge < -0.3 is 14.6 Å². The summed E-state index contributed by atoms with van der Waals surface area (Å²) in [6, 6.07) is 0. The van der Waals surface area contributed by atoms with Crippen molar-refractivity contribution in [1.29, 1.82) is 0 Å². The summed E-state index contributed by atoms with van der Waals surface area (Å²) in [5, 5.41) is 8.74. The van der Waals surface area contributed by atoms with E-state index in [-0.39, 0.29) is 19.0 Å². The van der Waals surface area contributed by atoms with Gasteiger partial charge in [0.05, 0.1) is 13.2 Å². The summed E-state index contributed by atoms with van der Waals surface area (Å²) in [5.41, 5.74) is 0. The molecule has 2 atom stereocenters. The van der Waals surface area contributed by atoms with E-state index >= 15 is 0 Å². The van der Waals surface area contributed by atoms with Crippen LogP contribution in [0.5, 0.6) is 0 Å². The molecule has 0 radical (unpaired) electrons. The molecule has 3 heteroatoms. The Bertz CT molecular complexity index is 145. The number of hydrogen-bond donors (Lipinski definition) is 1. The predicted molar refractivity (Wildman–Crippen MR) is 45.7 cm³/mol. The zero-order valence-corrected chi connectivity index (χ0v) is 7.40. The molecule has 1 rings (SSSR count). The van der Waals surface area contributed by atoms with E-state index in [1.54, 1.807) is 0 Å². The summed E-state index contributed by atoms with van der Waals surface area (Å²) in [6.45, 7) is 2.57. The average Bonchev–Trinajstić information content (AvgIpc) is 2.53. The molecule has 2 unspecified atom stereocenters. The Labute approximate surface area is 73.0 Å². The van der Waals surface area contributed by atoms with Gasteiger partial charge in [-0.15, -0.1) is 0 Å². The molecule has 1 N–H and O–H groups in total. The largest absolute Gasteiger partial charge is 0.394 e. The summed E-state index contributed by atoms with van der Waals surface area (Å²) >= 11 is 0. The van der Waals surface area contributed by atoms with Gasteiger partial charge in [-0.1, -0.05) is 12.2 Å². The fourth-order valence-electron chi connectivity index (χ4n) is 1.15. The third kappa shape index (κ3) is 2.93. The van der Waals surface area contributed by atoms with Crippen LogP contribution in [-0.4, -0.2) is 30.7 Å². The van der Waals surface area contributed by atoms with E-state index in [1.807, 2.05) is 13.0 Å². The molecule has 0 saturated carbocycles. The number of aliphatic hydroxyl groups excluding tert-OH is 1. The van der Waals surface area contributed by atoms with Gasteiger partial charge in [-0.25, -0.2) is 0 Å². The van der Waals surface area contributed by atoms with E-state index in [9.17, 15) is 0 Å². The van der Waals surface area contributed by atoms with Gasteiger partial charge in [-0.05, 0) is 13.3 Å². The zero-order valence-electron chi connectivity index (χ0n) is 7.40. The van der Waals surface area contributed by atoms with Crippen molar-refractivity contribution in [3.63, 3.8) is 0 Å². The van der Waals surface area contributed by atoms with Crippen LogP contribution in [0.4, 0.5) is 0 Å². The third-order valence-corrected chi connectivity index (χ3v) is 1.82. The second-order valence-corrected chi connectivity index (χ2v) is 2.85. The molecule has 0 aromatic heterocycles. The maximum Gasteiger partial charge on any atom is 0.158 e. The Morgan fingerprint density at radius 2 is 2.42 bits per heavy atom. The zero-order chi connectivity index (χ0) is 8.81. The summed E-state index contributed by atoms with van der Waals surface area (Å²) in [7, 11) is 0. The fraction of sp³-hybridized carbons (Fsp3) is 0.778. The molecule has 12 heavy (non-hydrogen) atoms. The molecule has 70 valence electrons.